The first-order valence-corrected chi connectivity index (χ1v) is 8.07. The van der Waals surface area contributed by atoms with E-state index in [1.54, 1.807) is 7.11 Å². The van der Waals surface area contributed by atoms with Crippen molar-refractivity contribution in [2.75, 3.05) is 20.3 Å². The number of rotatable bonds is 9. The Hall–Kier alpha value is -2.40. The standard InChI is InChI=1S/C20H22F2O3/c1-4-11-24-20-17(21)9-10-18(19(20)22)25-13-15-7-5-6-8-16(15)14(2)12-23-3/h5-10H,2,4,11-13H2,1,3H3. The molecule has 0 aliphatic heterocycles. The monoisotopic (exact) mass is 348 g/mol. The zero-order valence-corrected chi connectivity index (χ0v) is 14.5. The van der Waals surface area contributed by atoms with Crippen molar-refractivity contribution in [2.24, 2.45) is 0 Å². The van der Waals surface area contributed by atoms with Gasteiger partial charge in [-0.15, -0.1) is 0 Å². The molecular weight excluding hydrogens is 326 g/mol. The molecule has 0 bridgehead atoms. The van der Waals surface area contributed by atoms with Crippen LogP contribution in [0.1, 0.15) is 24.5 Å². The molecule has 0 radical (unpaired) electrons. The molecule has 2 aromatic carbocycles. The van der Waals surface area contributed by atoms with Crippen LogP contribution in [0.3, 0.4) is 0 Å². The molecule has 2 aromatic rings. The first-order valence-electron chi connectivity index (χ1n) is 8.07. The minimum Gasteiger partial charge on any atom is -0.488 e. The Bertz CT molecular complexity index is 729. The molecular formula is C20H22F2O3. The van der Waals surface area contributed by atoms with Gasteiger partial charge in [-0.05, 0) is 35.3 Å². The van der Waals surface area contributed by atoms with Crippen LogP contribution in [0.4, 0.5) is 8.78 Å². The van der Waals surface area contributed by atoms with Crippen molar-refractivity contribution in [1.82, 2.24) is 0 Å². The Balaban J connectivity index is 2.18. The second-order valence-electron chi connectivity index (χ2n) is 5.52. The van der Waals surface area contributed by atoms with E-state index < -0.39 is 17.4 Å². The van der Waals surface area contributed by atoms with Crippen molar-refractivity contribution in [1.29, 1.82) is 0 Å². The van der Waals surface area contributed by atoms with Gasteiger partial charge in [0.25, 0.3) is 0 Å². The molecule has 0 aliphatic carbocycles. The van der Waals surface area contributed by atoms with Crippen LogP contribution in [0.5, 0.6) is 11.5 Å². The predicted octanol–water partition coefficient (Wildman–Crippen LogP) is 4.99. The molecule has 0 amide bonds. The SMILES string of the molecule is C=C(COC)c1ccccc1COc1ccc(F)c(OCCC)c1F. The van der Waals surface area contributed by atoms with Crippen LogP contribution in [0.2, 0.25) is 0 Å². The molecule has 5 heteroatoms. The predicted molar refractivity (Wildman–Crippen MR) is 93.8 cm³/mol. The summed E-state index contributed by atoms with van der Waals surface area (Å²) in [7, 11) is 1.59. The second kappa shape index (κ2) is 9.18. The summed E-state index contributed by atoms with van der Waals surface area (Å²) in [5.74, 6) is -2.04. The summed E-state index contributed by atoms with van der Waals surface area (Å²) in [5, 5.41) is 0. The number of benzene rings is 2. The molecule has 0 N–H and O–H groups in total. The average molecular weight is 348 g/mol. The Kier molecular flexibility index (Phi) is 6.95. The summed E-state index contributed by atoms with van der Waals surface area (Å²) in [6.07, 6.45) is 0.652. The zero-order valence-electron chi connectivity index (χ0n) is 14.5. The van der Waals surface area contributed by atoms with Crippen molar-refractivity contribution < 1.29 is 23.0 Å². The van der Waals surface area contributed by atoms with Crippen molar-refractivity contribution in [3.8, 4) is 11.5 Å². The summed E-state index contributed by atoms with van der Waals surface area (Å²) in [6, 6.07) is 9.91. The van der Waals surface area contributed by atoms with Crippen LogP contribution < -0.4 is 9.47 Å². The van der Waals surface area contributed by atoms with Gasteiger partial charge in [-0.2, -0.15) is 4.39 Å². The van der Waals surface area contributed by atoms with Crippen LogP contribution >= 0.6 is 0 Å². The molecule has 0 fully saturated rings. The van der Waals surface area contributed by atoms with E-state index in [0.717, 1.165) is 22.8 Å². The zero-order chi connectivity index (χ0) is 18.2. The highest BCUT2D eigenvalue weighted by Crippen LogP contribution is 2.30. The summed E-state index contributed by atoms with van der Waals surface area (Å²) < 4.78 is 43.9. The fourth-order valence-corrected chi connectivity index (χ4v) is 2.36. The van der Waals surface area contributed by atoms with E-state index >= 15 is 0 Å². The summed E-state index contributed by atoms with van der Waals surface area (Å²) in [5.41, 5.74) is 2.52. The molecule has 0 saturated heterocycles. The van der Waals surface area contributed by atoms with E-state index in [1.807, 2.05) is 31.2 Å². The van der Waals surface area contributed by atoms with E-state index in [4.69, 9.17) is 14.2 Å². The molecule has 0 heterocycles. The average Bonchev–Trinajstić information content (AvgIpc) is 2.61. The van der Waals surface area contributed by atoms with E-state index in [0.29, 0.717) is 13.0 Å². The maximum atomic E-state index is 14.4. The minimum absolute atomic E-state index is 0.0559. The highest BCUT2D eigenvalue weighted by molar-refractivity contribution is 5.67. The van der Waals surface area contributed by atoms with E-state index in [2.05, 4.69) is 6.58 Å². The number of hydrogen-bond donors (Lipinski definition) is 0. The molecule has 0 unspecified atom stereocenters. The van der Waals surface area contributed by atoms with E-state index in [1.165, 1.54) is 6.07 Å². The van der Waals surface area contributed by atoms with Crippen molar-refractivity contribution in [2.45, 2.75) is 20.0 Å². The van der Waals surface area contributed by atoms with Crippen LogP contribution in [0, 0.1) is 11.6 Å². The lowest BCUT2D eigenvalue weighted by molar-refractivity contribution is 0.239. The molecule has 0 saturated carbocycles. The van der Waals surface area contributed by atoms with E-state index in [9.17, 15) is 8.78 Å². The van der Waals surface area contributed by atoms with Gasteiger partial charge < -0.3 is 14.2 Å². The molecule has 0 atom stereocenters. The summed E-state index contributed by atoms with van der Waals surface area (Å²) in [6.45, 7) is 6.58. The number of ether oxygens (including phenoxy) is 3. The van der Waals surface area contributed by atoms with Crippen LogP contribution in [0.15, 0.2) is 43.0 Å². The normalized spacial score (nSPS) is 10.6. The number of halogens is 2. The first-order chi connectivity index (χ1) is 12.1. The summed E-state index contributed by atoms with van der Waals surface area (Å²) in [4.78, 5) is 0. The van der Waals surface area contributed by atoms with Gasteiger partial charge in [0.05, 0.1) is 13.2 Å². The van der Waals surface area contributed by atoms with Crippen molar-refractivity contribution >= 4 is 5.57 Å². The van der Waals surface area contributed by atoms with Crippen LogP contribution in [-0.2, 0) is 11.3 Å². The summed E-state index contributed by atoms with van der Waals surface area (Å²) >= 11 is 0. The van der Waals surface area contributed by atoms with Gasteiger partial charge in [-0.3, -0.25) is 0 Å². The van der Waals surface area contributed by atoms with Crippen LogP contribution in [0.25, 0.3) is 5.57 Å². The van der Waals surface area contributed by atoms with Gasteiger partial charge >= 0.3 is 0 Å². The molecule has 25 heavy (non-hydrogen) atoms. The van der Waals surface area contributed by atoms with Crippen LogP contribution in [-0.4, -0.2) is 20.3 Å². The molecule has 0 aliphatic rings. The Morgan fingerprint density at radius 2 is 1.84 bits per heavy atom. The Morgan fingerprint density at radius 1 is 1.08 bits per heavy atom. The molecule has 2 rings (SSSR count). The van der Waals surface area contributed by atoms with Gasteiger partial charge in [-0.25, -0.2) is 4.39 Å². The highest BCUT2D eigenvalue weighted by atomic mass is 19.1. The third-order valence-corrected chi connectivity index (χ3v) is 3.56. The van der Waals surface area contributed by atoms with Crippen molar-refractivity contribution in [3.05, 3.63) is 65.7 Å². The topological polar surface area (TPSA) is 27.7 Å². The Labute approximate surface area is 146 Å². The highest BCUT2D eigenvalue weighted by Gasteiger charge is 2.17. The molecule has 0 aromatic heterocycles. The van der Waals surface area contributed by atoms with Gasteiger partial charge in [0.2, 0.25) is 5.82 Å². The minimum atomic E-state index is -0.832. The molecule has 3 nitrogen and oxygen atoms in total. The first kappa shape index (κ1) is 18.9. The van der Waals surface area contributed by atoms with Gasteiger partial charge in [-0.1, -0.05) is 37.8 Å². The second-order valence-corrected chi connectivity index (χ2v) is 5.52. The largest absolute Gasteiger partial charge is 0.488 e. The van der Waals surface area contributed by atoms with Gasteiger partial charge in [0.15, 0.2) is 17.3 Å². The fourth-order valence-electron chi connectivity index (χ4n) is 2.36. The maximum absolute atomic E-state index is 14.4. The quantitative estimate of drug-likeness (QED) is 0.639. The maximum Gasteiger partial charge on any atom is 0.209 e. The van der Waals surface area contributed by atoms with Crippen molar-refractivity contribution in [3.63, 3.8) is 0 Å². The lowest BCUT2D eigenvalue weighted by Gasteiger charge is -2.14. The lowest BCUT2D eigenvalue weighted by atomic mass is 10.0. The fraction of sp³-hybridized carbons (Fsp3) is 0.300. The van der Waals surface area contributed by atoms with E-state index in [-0.39, 0.29) is 19.0 Å². The molecule has 134 valence electrons. The third kappa shape index (κ3) is 4.79. The number of hydrogen-bond acceptors (Lipinski definition) is 3. The Morgan fingerprint density at radius 3 is 2.56 bits per heavy atom. The van der Waals surface area contributed by atoms with Gasteiger partial charge in [0.1, 0.15) is 6.61 Å². The van der Waals surface area contributed by atoms with Gasteiger partial charge in [0, 0.05) is 7.11 Å². The number of methoxy groups -OCH3 is 1. The third-order valence-electron chi connectivity index (χ3n) is 3.56. The lowest BCUT2D eigenvalue weighted by Crippen LogP contribution is -2.05. The molecule has 0 spiro atoms. The smallest absolute Gasteiger partial charge is 0.209 e.